The highest BCUT2D eigenvalue weighted by atomic mass is 31.2. The van der Waals surface area contributed by atoms with E-state index < -0.39 is 7.60 Å². The molecule has 2 heterocycles. The monoisotopic (exact) mass is 676 g/mol. The predicted octanol–water partition coefficient (Wildman–Crippen LogP) is 5.88. The van der Waals surface area contributed by atoms with Crippen LogP contribution in [0, 0.1) is 11.8 Å². The van der Waals surface area contributed by atoms with E-state index >= 15 is 0 Å². The lowest BCUT2D eigenvalue weighted by molar-refractivity contribution is 0.0818. The highest BCUT2D eigenvalue weighted by Gasteiger charge is 2.44. The predicted molar refractivity (Wildman–Crippen MR) is 193 cm³/mol. The number of aromatic nitrogens is 2. The average Bonchev–Trinajstić information content (AvgIpc) is 3.54. The summed E-state index contributed by atoms with van der Waals surface area (Å²) in [4.78, 5) is 14.5. The molecule has 0 amide bonds. The van der Waals surface area contributed by atoms with Crippen LogP contribution in [0.4, 0.5) is 17.6 Å². The Morgan fingerprint density at radius 3 is 2.32 bits per heavy atom. The largest absolute Gasteiger partial charge is 0.383 e. The van der Waals surface area contributed by atoms with Crippen LogP contribution in [0.25, 0.3) is 0 Å². The number of rotatable bonds is 18. The number of hydrogen-bond donors (Lipinski definition) is 4. The van der Waals surface area contributed by atoms with Gasteiger partial charge >= 0.3 is 7.60 Å². The van der Waals surface area contributed by atoms with Crippen molar-refractivity contribution in [1.29, 1.82) is 0 Å². The molecule has 1 aromatic heterocycles. The zero-order valence-corrected chi connectivity index (χ0v) is 30.4. The second kappa shape index (κ2) is 18.5. The Morgan fingerprint density at radius 2 is 1.62 bits per heavy atom. The maximum atomic E-state index is 13.2. The van der Waals surface area contributed by atoms with E-state index in [-0.39, 0.29) is 5.54 Å². The Kier molecular flexibility index (Phi) is 14.5. The molecular weight excluding hydrogens is 611 g/mol. The van der Waals surface area contributed by atoms with Gasteiger partial charge in [0.2, 0.25) is 5.95 Å². The van der Waals surface area contributed by atoms with Crippen molar-refractivity contribution in [1.82, 2.24) is 25.5 Å². The minimum atomic E-state index is -3.07. The van der Waals surface area contributed by atoms with E-state index in [0.29, 0.717) is 37.1 Å². The van der Waals surface area contributed by atoms with Crippen LogP contribution in [-0.4, -0.2) is 98.2 Å². The maximum absolute atomic E-state index is 13.2. The summed E-state index contributed by atoms with van der Waals surface area (Å²) < 4.78 is 24.4. The second-order valence-electron chi connectivity index (χ2n) is 14.6. The van der Waals surface area contributed by atoms with E-state index in [0.717, 1.165) is 83.0 Å². The molecule has 1 saturated heterocycles. The first-order chi connectivity index (χ1) is 22.9. The molecule has 12 heteroatoms. The first-order valence-corrected chi connectivity index (χ1v) is 20.8. The summed E-state index contributed by atoms with van der Waals surface area (Å²) in [6.45, 7) is 12.2. The first-order valence-electron chi connectivity index (χ1n) is 19.1. The van der Waals surface area contributed by atoms with Crippen molar-refractivity contribution >= 4 is 25.2 Å². The van der Waals surface area contributed by atoms with Gasteiger partial charge in [0, 0.05) is 50.4 Å². The zero-order chi connectivity index (χ0) is 33.0. The van der Waals surface area contributed by atoms with Crippen molar-refractivity contribution in [3.8, 4) is 0 Å². The Morgan fingerprint density at radius 1 is 0.915 bits per heavy atom. The molecular formula is C35H65N8O3P. The summed E-state index contributed by atoms with van der Waals surface area (Å²) in [7, 11) is -3.07. The van der Waals surface area contributed by atoms with Gasteiger partial charge in [-0.3, -0.25) is 9.46 Å². The van der Waals surface area contributed by atoms with Gasteiger partial charge in [-0.1, -0.05) is 32.1 Å². The number of hydrogen-bond acceptors (Lipinski definition) is 11. The molecule has 1 spiro atoms. The fourth-order valence-electron chi connectivity index (χ4n) is 8.57. The van der Waals surface area contributed by atoms with Crippen molar-refractivity contribution in [2.45, 2.75) is 115 Å². The Bertz CT molecular complexity index is 1100. The molecule has 4 fully saturated rings. The van der Waals surface area contributed by atoms with Gasteiger partial charge in [0.1, 0.15) is 11.6 Å². The molecule has 0 radical (unpaired) electrons. The molecule has 47 heavy (non-hydrogen) atoms. The van der Waals surface area contributed by atoms with Gasteiger partial charge in [-0.25, -0.2) is 0 Å². The molecule has 4 aliphatic rings. The average molecular weight is 677 g/mol. The summed E-state index contributed by atoms with van der Waals surface area (Å²) in [6.07, 6.45) is 18.4. The smallest absolute Gasteiger partial charge is 0.331 e. The first kappa shape index (κ1) is 36.8. The molecule has 5 N–H and O–H groups in total. The number of anilines is 3. The molecule has 1 aliphatic heterocycles. The lowest BCUT2D eigenvalue weighted by atomic mass is 9.82. The Hall–Kier alpha value is -1.49. The van der Waals surface area contributed by atoms with Crippen LogP contribution in [0.3, 0.4) is 0 Å². The van der Waals surface area contributed by atoms with Crippen LogP contribution in [0.15, 0.2) is 6.07 Å². The van der Waals surface area contributed by atoms with Crippen LogP contribution >= 0.6 is 7.60 Å². The van der Waals surface area contributed by atoms with Gasteiger partial charge in [0.25, 0.3) is 0 Å². The molecule has 11 nitrogen and oxygen atoms in total. The molecule has 5 rings (SSSR count). The third kappa shape index (κ3) is 11.0. The molecule has 1 aromatic rings. The maximum Gasteiger partial charge on any atom is 0.331 e. The third-order valence-corrected chi connectivity index (χ3v) is 13.2. The normalized spacial score (nSPS) is 24.3. The van der Waals surface area contributed by atoms with Crippen molar-refractivity contribution in [2.75, 3.05) is 87.7 Å². The van der Waals surface area contributed by atoms with Crippen LogP contribution < -0.4 is 26.6 Å². The van der Waals surface area contributed by atoms with Gasteiger partial charge in [0.05, 0.1) is 19.4 Å². The van der Waals surface area contributed by atoms with Crippen molar-refractivity contribution in [3.63, 3.8) is 0 Å². The molecule has 3 saturated carbocycles. The van der Waals surface area contributed by atoms with Crippen molar-refractivity contribution < 1.29 is 13.6 Å². The minimum absolute atomic E-state index is 0.0497. The highest BCUT2D eigenvalue weighted by Crippen LogP contribution is 2.49. The number of piperazine rings is 1. The fourth-order valence-corrected chi connectivity index (χ4v) is 10.2. The topological polar surface area (TPSA) is 130 Å². The van der Waals surface area contributed by atoms with E-state index in [1.54, 1.807) is 0 Å². The van der Waals surface area contributed by atoms with E-state index in [1.165, 1.54) is 77.0 Å². The number of nitrogens with zero attached hydrogens (tertiary/aromatic N) is 4. The summed E-state index contributed by atoms with van der Waals surface area (Å²) in [6, 6.07) is 2.69. The summed E-state index contributed by atoms with van der Waals surface area (Å²) in [5.41, 5.74) is 6.38. The van der Waals surface area contributed by atoms with Gasteiger partial charge < -0.3 is 35.6 Å². The minimum Gasteiger partial charge on any atom is -0.383 e. The number of nitrogen functional groups attached to an aromatic ring is 1. The van der Waals surface area contributed by atoms with Crippen LogP contribution in [-0.2, 0) is 13.6 Å². The molecule has 3 aliphatic carbocycles. The van der Waals surface area contributed by atoms with Crippen molar-refractivity contribution in [2.24, 2.45) is 11.8 Å². The van der Waals surface area contributed by atoms with E-state index in [2.05, 4.69) is 30.7 Å². The van der Waals surface area contributed by atoms with Gasteiger partial charge in [-0.2, -0.15) is 9.97 Å². The number of nitrogens with two attached hydrogens (primary N) is 1. The van der Waals surface area contributed by atoms with E-state index in [9.17, 15) is 4.57 Å². The van der Waals surface area contributed by atoms with Gasteiger partial charge in [0.15, 0.2) is 0 Å². The molecule has 0 unspecified atom stereocenters. The lowest BCUT2D eigenvalue weighted by Crippen LogP contribution is -2.61. The lowest BCUT2D eigenvalue weighted by Gasteiger charge is -2.50. The van der Waals surface area contributed by atoms with Crippen molar-refractivity contribution in [3.05, 3.63) is 6.07 Å². The SMILES string of the molecule is CCOP(=O)(CCN1CCN(c2cc(N)nc(NCC3CCC(CNCCCNC4CCCCC4)CC3)n2)CC12CCCC2)OCC. The molecule has 0 atom stereocenters. The highest BCUT2D eigenvalue weighted by molar-refractivity contribution is 7.53. The van der Waals surface area contributed by atoms with Gasteiger partial charge in [-0.15, -0.1) is 0 Å². The summed E-state index contributed by atoms with van der Waals surface area (Å²) in [5, 5.41) is 11.0. The fraction of sp³-hybridized carbons (Fsp3) is 0.886. The second-order valence-corrected chi connectivity index (χ2v) is 16.8. The zero-order valence-electron chi connectivity index (χ0n) is 29.5. The van der Waals surface area contributed by atoms with Gasteiger partial charge in [-0.05, 0) is 103 Å². The van der Waals surface area contributed by atoms with Crippen LogP contribution in [0.2, 0.25) is 0 Å². The van der Waals surface area contributed by atoms with E-state index in [1.807, 2.05) is 19.9 Å². The van der Waals surface area contributed by atoms with Crippen LogP contribution in [0.5, 0.6) is 0 Å². The number of nitrogens with one attached hydrogen (secondary N) is 3. The molecule has 268 valence electrons. The standard InChI is InChI=1S/C35H65N8O3P/c1-3-45-47(44,46-4-2)24-23-43-22-21-42(28-35(43)17-8-9-18-35)33-25-32(36)40-34(41-33)39-27-30-15-13-29(14-16-30)26-37-19-10-20-38-31-11-6-5-7-12-31/h25,29-31,37-38H,3-24,26-28H2,1-2H3,(H3,36,39,40,41). The molecule has 0 aromatic carbocycles. The summed E-state index contributed by atoms with van der Waals surface area (Å²) >= 11 is 0. The Balaban J connectivity index is 1.04. The third-order valence-electron chi connectivity index (χ3n) is 11.2. The quantitative estimate of drug-likeness (QED) is 0.110. The van der Waals surface area contributed by atoms with E-state index in [4.69, 9.17) is 19.8 Å². The molecule has 0 bridgehead atoms. The Labute approximate surface area is 284 Å². The summed E-state index contributed by atoms with van der Waals surface area (Å²) in [5.74, 6) is 3.50. The van der Waals surface area contributed by atoms with Crippen LogP contribution in [0.1, 0.15) is 104 Å².